The third kappa shape index (κ3) is 5.20. The second kappa shape index (κ2) is 11.6. The first kappa shape index (κ1) is 30.6. The van der Waals surface area contributed by atoms with Gasteiger partial charge >= 0.3 is 0 Å². The van der Waals surface area contributed by atoms with Gasteiger partial charge < -0.3 is 15.5 Å². The molecular formula is C38H39ClN4O2Si. The lowest BCUT2D eigenvalue weighted by Crippen LogP contribution is -2.67. The number of halogens is 1. The SMILES string of the molecule is Cc1ccncc1-c1cc(N)c2cnc(NC(=O)C3C4CC(O[Si](c5ccccc5)(c5ccccc5)C(C)(C)C)CC43)cc2c1Cl. The molecular weight excluding hydrogens is 608 g/mol. The Balaban J connectivity index is 1.09. The van der Waals surface area contributed by atoms with Crippen LogP contribution in [0.4, 0.5) is 11.5 Å². The van der Waals surface area contributed by atoms with Crippen LogP contribution in [0.5, 0.6) is 0 Å². The number of nitrogens with one attached hydrogen (secondary N) is 1. The van der Waals surface area contributed by atoms with Crippen molar-refractivity contribution >= 4 is 58.5 Å². The lowest BCUT2D eigenvalue weighted by molar-refractivity contribution is -0.118. The van der Waals surface area contributed by atoms with Crippen LogP contribution in [0.15, 0.2) is 97.5 Å². The van der Waals surface area contributed by atoms with E-state index in [-0.39, 0.29) is 23.0 Å². The number of carbonyl (C=O) groups is 1. The summed E-state index contributed by atoms with van der Waals surface area (Å²) in [7, 11) is -2.64. The molecule has 3 aromatic carbocycles. The van der Waals surface area contributed by atoms with Crippen molar-refractivity contribution in [3.8, 4) is 11.1 Å². The monoisotopic (exact) mass is 646 g/mol. The van der Waals surface area contributed by atoms with E-state index in [4.69, 9.17) is 21.8 Å². The molecule has 2 saturated carbocycles. The van der Waals surface area contributed by atoms with Gasteiger partial charge in [-0.1, -0.05) is 93.0 Å². The second-order valence-corrected chi connectivity index (χ2v) is 18.5. The number of fused-ring (bicyclic) bond motifs is 2. The smallest absolute Gasteiger partial charge is 0.261 e. The van der Waals surface area contributed by atoms with E-state index in [9.17, 15) is 4.79 Å². The number of pyridine rings is 2. The molecule has 2 aromatic heterocycles. The van der Waals surface area contributed by atoms with E-state index in [1.807, 2.05) is 25.1 Å². The zero-order chi connectivity index (χ0) is 32.2. The fourth-order valence-corrected chi connectivity index (χ4v) is 12.8. The predicted octanol–water partition coefficient (Wildman–Crippen LogP) is 7.38. The van der Waals surface area contributed by atoms with E-state index in [0.717, 1.165) is 40.3 Å². The van der Waals surface area contributed by atoms with Gasteiger partial charge in [-0.05, 0) is 70.8 Å². The molecule has 7 rings (SSSR count). The number of benzene rings is 3. The molecule has 5 aromatic rings. The van der Waals surface area contributed by atoms with Gasteiger partial charge in [-0.15, -0.1) is 0 Å². The van der Waals surface area contributed by atoms with Crippen LogP contribution in [0.1, 0.15) is 39.2 Å². The molecule has 234 valence electrons. The third-order valence-electron chi connectivity index (χ3n) is 10.0. The standard InChI is InChI=1S/C38H39ClN4O2Si/c1-23-15-16-41-21-31(23)29-19-33(40)32-22-42-34(20-30(32)36(29)39)43-37(44)35-27-17-24(18-28(27)35)45-46(38(2,3)4,25-11-7-5-8-12-25)26-13-9-6-10-14-26/h5-16,19-22,24,27-28,35H,17-18,40H2,1-4H3,(H,42,43,44). The maximum atomic E-state index is 13.6. The minimum Gasteiger partial charge on any atom is -0.404 e. The first-order valence-electron chi connectivity index (χ1n) is 16.0. The predicted molar refractivity (Wildman–Crippen MR) is 190 cm³/mol. The Morgan fingerprint density at radius 3 is 2.13 bits per heavy atom. The summed E-state index contributed by atoms with van der Waals surface area (Å²) in [5, 5.41) is 7.63. The summed E-state index contributed by atoms with van der Waals surface area (Å²) in [4.78, 5) is 22.4. The molecule has 0 spiro atoms. The van der Waals surface area contributed by atoms with E-state index in [2.05, 4.69) is 96.7 Å². The highest BCUT2D eigenvalue weighted by molar-refractivity contribution is 6.99. The average molecular weight is 647 g/mol. The first-order chi connectivity index (χ1) is 22.1. The molecule has 0 aliphatic heterocycles. The number of nitrogen functional groups attached to an aromatic ring is 1. The zero-order valence-electron chi connectivity index (χ0n) is 26.6. The van der Waals surface area contributed by atoms with Crippen molar-refractivity contribution in [1.82, 2.24) is 9.97 Å². The second-order valence-electron chi connectivity index (χ2n) is 13.9. The summed E-state index contributed by atoms with van der Waals surface area (Å²) in [6.07, 6.45) is 7.12. The van der Waals surface area contributed by atoms with Gasteiger partial charge in [-0.25, -0.2) is 4.98 Å². The van der Waals surface area contributed by atoms with Crippen molar-refractivity contribution in [2.45, 2.75) is 51.7 Å². The number of hydrogen-bond acceptors (Lipinski definition) is 5. The molecule has 2 aliphatic rings. The molecule has 2 atom stereocenters. The molecule has 0 bridgehead atoms. The fraction of sp³-hybridized carbons (Fsp3) is 0.289. The van der Waals surface area contributed by atoms with Crippen LogP contribution >= 0.6 is 11.6 Å². The maximum Gasteiger partial charge on any atom is 0.261 e. The van der Waals surface area contributed by atoms with E-state index in [0.29, 0.717) is 28.4 Å². The van der Waals surface area contributed by atoms with Crippen molar-refractivity contribution < 1.29 is 9.22 Å². The van der Waals surface area contributed by atoms with Gasteiger partial charge in [0.1, 0.15) is 5.82 Å². The van der Waals surface area contributed by atoms with Crippen LogP contribution in [0.2, 0.25) is 10.1 Å². The van der Waals surface area contributed by atoms with Gasteiger partial charge in [-0.2, -0.15) is 0 Å². The normalized spacial score (nSPS) is 20.8. The fourth-order valence-electron chi connectivity index (χ4n) is 7.75. The Bertz CT molecular complexity index is 1880. The summed E-state index contributed by atoms with van der Waals surface area (Å²) in [5.74, 6) is 1.06. The minimum absolute atomic E-state index is 0.00843. The van der Waals surface area contributed by atoms with Gasteiger partial charge in [0.2, 0.25) is 5.91 Å². The van der Waals surface area contributed by atoms with Gasteiger partial charge in [0.05, 0.1) is 5.02 Å². The van der Waals surface area contributed by atoms with Crippen molar-refractivity contribution in [2.24, 2.45) is 17.8 Å². The summed E-state index contributed by atoms with van der Waals surface area (Å²) >= 11 is 6.94. The Hall–Kier alpha value is -4.04. The minimum atomic E-state index is -2.64. The van der Waals surface area contributed by atoms with Crippen LogP contribution in [-0.2, 0) is 9.22 Å². The number of rotatable bonds is 7. The maximum absolute atomic E-state index is 13.6. The molecule has 2 unspecified atom stereocenters. The summed E-state index contributed by atoms with van der Waals surface area (Å²) in [5.41, 5.74) is 9.78. The molecule has 2 fully saturated rings. The Kier molecular flexibility index (Phi) is 7.74. The number of hydrogen-bond donors (Lipinski definition) is 2. The van der Waals surface area contributed by atoms with Crippen molar-refractivity contribution in [1.29, 1.82) is 0 Å². The Labute approximate surface area is 276 Å². The molecule has 2 heterocycles. The van der Waals surface area contributed by atoms with Crippen molar-refractivity contribution in [2.75, 3.05) is 11.1 Å². The summed E-state index contributed by atoms with van der Waals surface area (Å²) in [6.45, 7) is 8.94. The van der Waals surface area contributed by atoms with E-state index < -0.39 is 8.32 Å². The largest absolute Gasteiger partial charge is 0.404 e. The van der Waals surface area contributed by atoms with Gasteiger partial charge in [0.15, 0.2) is 0 Å². The van der Waals surface area contributed by atoms with Crippen LogP contribution in [0, 0.1) is 24.7 Å². The summed E-state index contributed by atoms with van der Waals surface area (Å²) < 4.78 is 7.38. The van der Waals surface area contributed by atoms with Crippen molar-refractivity contribution in [3.05, 3.63) is 108 Å². The summed E-state index contributed by atoms with van der Waals surface area (Å²) in [6, 6.07) is 27.2. The topological polar surface area (TPSA) is 90.1 Å². The molecule has 3 N–H and O–H groups in total. The van der Waals surface area contributed by atoms with Crippen LogP contribution in [0.25, 0.3) is 21.9 Å². The molecule has 6 nitrogen and oxygen atoms in total. The van der Waals surface area contributed by atoms with Crippen molar-refractivity contribution in [3.63, 3.8) is 0 Å². The number of aromatic nitrogens is 2. The number of amides is 1. The van der Waals surface area contributed by atoms with Gasteiger partial charge in [0.25, 0.3) is 8.32 Å². The van der Waals surface area contributed by atoms with E-state index in [1.54, 1.807) is 18.6 Å². The highest BCUT2D eigenvalue weighted by atomic mass is 35.5. The Morgan fingerprint density at radius 2 is 1.54 bits per heavy atom. The highest BCUT2D eigenvalue weighted by Gasteiger charge is 2.62. The van der Waals surface area contributed by atoms with Gasteiger partial charge in [0, 0.05) is 58.2 Å². The third-order valence-corrected chi connectivity index (χ3v) is 15.5. The average Bonchev–Trinajstić information content (AvgIpc) is 3.56. The number of aryl methyl sites for hydroxylation is 1. The molecule has 46 heavy (non-hydrogen) atoms. The molecule has 0 saturated heterocycles. The molecule has 1 amide bonds. The number of anilines is 2. The molecule has 8 heteroatoms. The highest BCUT2D eigenvalue weighted by Crippen LogP contribution is 2.59. The number of nitrogens with two attached hydrogens (primary N) is 1. The van der Waals surface area contributed by atoms with Crippen LogP contribution in [0.3, 0.4) is 0 Å². The molecule has 2 aliphatic carbocycles. The number of nitrogens with zero attached hydrogens (tertiary/aromatic N) is 2. The first-order valence-corrected chi connectivity index (χ1v) is 18.3. The van der Waals surface area contributed by atoms with Crippen LogP contribution in [-0.4, -0.2) is 30.3 Å². The van der Waals surface area contributed by atoms with Crippen LogP contribution < -0.4 is 21.4 Å². The zero-order valence-corrected chi connectivity index (χ0v) is 28.4. The lowest BCUT2D eigenvalue weighted by Gasteiger charge is -2.45. The number of carbonyl (C=O) groups excluding carboxylic acids is 1. The Morgan fingerprint density at radius 1 is 0.913 bits per heavy atom. The lowest BCUT2D eigenvalue weighted by atomic mass is 9.99. The quantitative estimate of drug-likeness (QED) is 0.142. The van der Waals surface area contributed by atoms with E-state index >= 15 is 0 Å². The molecule has 0 radical (unpaired) electrons. The van der Waals surface area contributed by atoms with Gasteiger partial charge in [-0.3, -0.25) is 9.78 Å². The van der Waals surface area contributed by atoms with E-state index in [1.165, 1.54) is 10.4 Å².